The minimum absolute atomic E-state index is 0.0582. The molecule has 0 aliphatic heterocycles. The molecule has 0 saturated heterocycles. The van der Waals surface area contributed by atoms with E-state index in [0.29, 0.717) is 25.4 Å². The molecule has 2 aromatic carbocycles. The summed E-state index contributed by atoms with van der Waals surface area (Å²) < 4.78 is 17.6. The standard InChI is InChI=1S/C28H38O4/c1-7-16-30-23-13-10-21(11-14-23)25(29)15-12-22-19-24(28(4,5)6)27(32-18-9-3)20-26(22)31-17-8-2/h10-15,19-20H,7-9,16-18H2,1-6H3. The van der Waals surface area contributed by atoms with E-state index in [1.807, 2.05) is 24.3 Å². The van der Waals surface area contributed by atoms with Crippen molar-refractivity contribution in [3.8, 4) is 17.2 Å². The van der Waals surface area contributed by atoms with Crippen molar-refractivity contribution in [3.63, 3.8) is 0 Å². The van der Waals surface area contributed by atoms with Gasteiger partial charge in [0.1, 0.15) is 17.2 Å². The highest BCUT2D eigenvalue weighted by Gasteiger charge is 2.22. The molecule has 0 bridgehead atoms. The van der Waals surface area contributed by atoms with Crippen molar-refractivity contribution in [2.45, 2.75) is 66.2 Å². The summed E-state index contributed by atoms with van der Waals surface area (Å²) in [4.78, 5) is 12.8. The Kier molecular flexibility index (Phi) is 9.83. The van der Waals surface area contributed by atoms with Crippen LogP contribution in [-0.2, 0) is 5.41 Å². The third kappa shape index (κ3) is 7.44. The fourth-order valence-corrected chi connectivity index (χ4v) is 3.16. The van der Waals surface area contributed by atoms with Crippen molar-refractivity contribution in [1.29, 1.82) is 0 Å². The minimum Gasteiger partial charge on any atom is -0.494 e. The van der Waals surface area contributed by atoms with Gasteiger partial charge >= 0.3 is 0 Å². The lowest BCUT2D eigenvalue weighted by Gasteiger charge is -2.25. The average molecular weight is 439 g/mol. The van der Waals surface area contributed by atoms with Gasteiger partial charge in [-0.1, -0.05) is 41.5 Å². The maximum Gasteiger partial charge on any atom is 0.185 e. The number of ether oxygens (including phenoxy) is 3. The van der Waals surface area contributed by atoms with E-state index in [2.05, 4.69) is 47.6 Å². The number of carbonyl (C=O) groups is 1. The first kappa shape index (κ1) is 25.5. The van der Waals surface area contributed by atoms with E-state index in [9.17, 15) is 4.79 Å². The van der Waals surface area contributed by atoms with Crippen LogP contribution < -0.4 is 14.2 Å². The second-order valence-corrected chi connectivity index (χ2v) is 8.90. The molecule has 0 atom stereocenters. The Balaban J connectivity index is 2.34. The molecule has 0 N–H and O–H groups in total. The number of ketones is 1. The topological polar surface area (TPSA) is 44.8 Å². The Morgan fingerprint density at radius 3 is 1.94 bits per heavy atom. The predicted octanol–water partition coefficient (Wildman–Crippen LogP) is 7.25. The van der Waals surface area contributed by atoms with E-state index in [0.717, 1.165) is 47.6 Å². The van der Waals surface area contributed by atoms with Gasteiger partial charge in [0.2, 0.25) is 0 Å². The Morgan fingerprint density at radius 1 is 0.812 bits per heavy atom. The molecule has 0 fully saturated rings. The van der Waals surface area contributed by atoms with E-state index in [1.54, 1.807) is 18.2 Å². The number of rotatable bonds is 12. The van der Waals surface area contributed by atoms with Crippen molar-refractivity contribution < 1.29 is 19.0 Å². The zero-order valence-electron chi connectivity index (χ0n) is 20.5. The highest BCUT2D eigenvalue weighted by molar-refractivity contribution is 6.07. The van der Waals surface area contributed by atoms with Gasteiger partial charge in [0.05, 0.1) is 19.8 Å². The lowest BCUT2D eigenvalue weighted by molar-refractivity contribution is 0.104. The molecular weight excluding hydrogens is 400 g/mol. The molecule has 2 rings (SSSR count). The van der Waals surface area contributed by atoms with Crippen molar-refractivity contribution >= 4 is 11.9 Å². The summed E-state index contributed by atoms with van der Waals surface area (Å²) in [5.74, 6) is 2.30. The number of allylic oxidation sites excluding steroid dienone is 1. The van der Waals surface area contributed by atoms with Crippen molar-refractivity contribution in [3.05, 3.63) is 59.2 Å². The van der Waals surface area contributed by atoms with Gasteiger partial charge in [-0.05, 0) is 67.2 Å². The fourth-order valence-electron chi connectivity index (χ4n) is 3.16. The van der Waals surface area contributed by atoms with Crippen molar-refractivity contribution in [2.24, 2.45) is 0 Å². The smallest absolute Gasteiger partial charge is 0.185 e. The first-order chi connectivity index (χ1) is 15.3. The van der Waals surface area contributed by atoms with E-state index < -0.39 is 0 Å². The van der Waals surface area contributed by atoms with E-state index in [-0.39, 0.29) is 11.2 Å². The third-order valence-electron chi connectivity index (χ3n) is 4.87. The fraction of sp³-hybridized carbons (Fsp3) is 0.464. The summed E-state index contributed by atoms with van der Waals surface area (Å²) >= 11 is 0. The van der Waals surface area contributed by atoms with Crippen molar-refractivity contribution in [1.82, 2.24) is 0 Å². The number of hydrogen-bond donors (Lipinski definition) is 0. The molecule has 0 amide bonds. The summed E-state index contributed by atoms with van der Waals surface area (Å²) in [5.41, 5.74) is 2.50. The summed E-state index contributed by atoms with van der Waals surface area (Å²) in [6.45, 7) is 14.6. The Hall–Kier alpha value is -2.75. The second kappa shape index (κ2) is 12.3. The van der Waals surface area contributed by atoms with E-state index in [4.69, 9.17) is 14.2 Å². The second-order valence-electron chi connectivity index (χ2n) is 8.90. The van der Waals surface area contributed by atoms with Crippen LogP contribution >= 0.6 is 0 Å². The summed E-state index contributed by atoms with van der Waals surface area (Å²) in [7, 11) is 0. The molecule has 2 aromatic rings. The van der Waals surface area contributed by atoms with Gasteiger partial charge in [0.15, 0.2) is 5.78 Å². The molecule has 0 aliphatic carbocycles. The van der Waals surface area contributed by atoms with Gasteiger partial charge in [0, 0.05) is 22.8 Å². The maximum atomic E-state index is 12.8. The molecule has 0 aliphatic rings. The molecule has 0 spiro atoms. The predicted molar refractivity (Wildman–Crippen MR) is 132 cm³/mol. The molecule has 4 heteroatoms. The highest BCUT2D eigenvalue weighted by atomic mass is 16.5. The van der Waals surface area contributed by atoms with Crippen LogP contribution in [0.1, 0.15) is 82.3 Å². The molecule has 0 saturated carbocycles. The van der Waals surface area contributed by atoms with Gasteiger partial charge in [-0.3, -0.25) is 4.79 Å². The average Bonchev–Trinajstić information content (AvgIpc) is 2.78. The Labute approximate surface area is 193 Å². The molecule has 0 unspecified atom stereocenters. The molecule has 4 nitrogen and oxygen atoms in total. The minimum atomic E-state index is -0.104. The zero-order valence-corrected chi connectivity index (χ0v) is 20.5. The molecule has 0 radical (unpaired) electrons. The van der Waals surface area contributed by atoms with Crippen LogP contribution in [0.5, 0.6) is 17.2 Å². The molecule has 0 aromatic heterocycles. The highest BCUT2D eigenvalue weighted by Crippen LogP contribution is 2.37. The van der Waals surface area contributed by atoms with Crippen LogP contribution in [-0.4, -0.2) is 25.6 Å². The number of hydrogen-bond acceptors (Lipinski definition) is 4. The van der Waals surface area contributed by atoms with Gasteiger partial charge in [-0.15, -0.1) is 0 Å². The monoisotopic (exact) mass is 438 g/mol. The lowest BCUT2D eigenvalue weighted by atomic mass is 9.85. The third-order valence-corrected chi connectivity index (χ3v) is 4.87. The summed E-state index contributed by atoms with van der Waals surface area (Å²) in [6.07, 6.45) is 6.24. The van der Waals surface area contributed by atoms with Crippen LogP contribution in [0, 0.1) is 0 Å². The van der Waals surface area contributed by atoms with Gasteiger partial charge in [0.25, 0.3) is 0 Å². The maximum absolute atomic E-state index is 12.8. The van der Waals surface area contributed by atoms with Crippen molar-refractivity contribution in [2.75, 3.05) is 19.8 Å². The normalized spacial score (nSPS) is 11.6. The van der Waals surface area contributed by atoms with E-state index in [1.165, 1.54) is 0 Å². The summed E-state index contributed by atoms with van der Waals surface area (Å²) in [5, 5.41) is 0. The molecule has 174 valence electrons. The van der Waals surface area contributed by atoms with Crippen LogP contribution in [0.3, 0.4) is 0 Å². The van der Waals surface area contributed by atoms with Crippen LogP contribution in [0.25, 0.3) is 6.08 Å². The Morgan fingerprint density at radius 2 is 1.38 bits per heavy atom. The van der Waals surface area contributed by atoms with Gasteiger partial charge in [-0.2, -0.15) is 0 Å². The van der Waals surface area contributed by atoms with Gasteiger partial charge < -0.3 is 14.2 Å². The SMILES string of the molecule is CCCOc1ccc(C(=O)C=Cc2cc(C(C)(C)C)c(OCCC)cc2OCCC)cc1. The first-order valence-electron chi connectivity index (χ1n) is 11.7. The van der Waals surface area contributed by atoms with Gasteiger partial charge in [-0.25, -0.2) is 0 Å². The molecule has 0 heterocycles. The molecule has 32 heavy (non-hydrogen) atoms. The van der Waals surface area contributed by atoms with E-state index >= 15 is 0 Å². The zero-order chi connectivity index (χ0) is 23.6. The largest absolute Gasteiger partial charge is 0.494 e. The van der Waals surface area contributed by atoms with Crippen LogP contribution in [0.15, 0.2) is 42.5 Å². The molecular formula is C28H38O4. The number of benzene rings is 2. The first-order valence-corrected chi connectivity index (χ1v) is 11.7. The summed E-state index contributed by atoms with van der Waals surface area (Å²) in [6, 6.07) is 11.3. The van der Waals surface area contributed by atoms with Crippen LogP contribution in [0.2, 0.25) is 0 Å². The number of carbonyl (C=O) groups excluding carboxylic acids is 1. The quantitative estimate of drug-likeness (QED) is 0.259. The van der Waals surface area contributed by atoms with Crippen LogP contribution in [0.4, 0.5) is 0 Å². The Bertz CT molecular complexity index is 889. The lowest BCUT2D eigenvalue weighted by Crippen LogP contribution is -2.15.